The van der Waals surface area contributed by atoms with Crippen LogP contribution >= 0.6 is 15.9 Å². The van der Waals surface area contributed by atoms with Gasteiger partial charge in [-0.2, -0.15) is 13.2 Å². The van der Waals surface area contributed by atoms with Crippen molar-refractivity contribution in [3.8, 4) is 11.1 Å². The van der Waals surface area contributed by atoms with E-state index in [1.165, 1.54) is 6.07 Å². The molecule has 3 heterocycles. The maximum atomic E-state index is 12.9. The van der Waals surface area contributed by atoms with Crippen molar-refractivity contribution < 1.29 is 18.0 Å². The molecule has 168 valence electrons. The molecule has 0 saturated heterocycles. The smallest absolute Gasteiger partial charge is 0.322 e. The van der Waals surface area contributed by atoms with Crippen molar-refractivity contribution in [2.75, 3.05) is 5.32 Å². The number of amides is 1. The van der Waals surface area contributed by atoms with E-state index in [2.05, 4.69) is 41.2 Å². The highest BCUT2D eigenvalue weighted by atomic mass is 79.9. The molecule has 3 aromatic heterocycles. The van der Waals surface area contributed by atoms with Crippen molar-refractivity contribution in [1.29, 1.82) is 0 Å². The second kappa shape index (κ2) is 8.86. The van der Waals surface area contributed by atoms with Gasteiger partial charge in [0, 0.05) is 41.0 Å². The van der Waals surface area contributed by atoms with Gasteiger partial charge in [-0.05, 0) is 64.3 Å². The number of hydrogen-bond acceptors (Lipinski definition) is 5. The maximum absolute atomic E-state index is 12.9. The Balaban J connectivity index is 1.68. The third-order valence-electron chi connectivity index (χ3n) is 4.99. The third kappa shape index (κ3) is 4.85. The minimum atomic E-state index is -4.63. The van der Waals surface area contributed by atoms with E-state index in [0.29, 0.717) is 28.2 Å². The second-order valence-corrected chi connectivity index (χ2v) is 8.04. The molecule has 1 aromatic carbocycles. The van der Waals surface area contributed by atoms with Crippen LogP contribution in [0, 0.1) is 6.92 Å². The summed E-state index contributed by atoms with van der Waals surface area (Å²) in [5.74, 6) is 0.0224. The molecule has 0 fully saturated rings. The van der Waals surface area contributed by atoms with Crippen molar-refractivity contribution in [2.45, 2.75) is 26.4 Å². The van der Waals surface area contributed by atoms with E-state index in [4.69, 9.17) is 0 Å². The molecule has 0 spiro atoms. The molecule has 10 heteroatoms. The molecule has 0 radical (unpaired) electrons. The van der Waals surface area contributed by atoms with E-state index >= 15 is 0 Å². The van der Waals surface area contributed by atoms with E-state index in [9.17, 15) is 18.0 Å². The van der Waals surface area contributed by atoms with Gasteiger partial charge in [0.2, 0.25) is 0 Å². The number of rotatable bonds is 4. The first-order valence-corrected chi connectivity index (χ1v) is 10.7. The highest BCUT2D eigenvalue weighted by Crippen LogP contribution is 2.34. The van der Waals surface area contributed by atoms with Crippen LogP contribution in [0.3, 0.4) is 0 Å². The first-order valence-electron chi connectivity index (χ1n) is 9.93. The largest absolute Gasteiger partial charge is 0.433 e. The molecular formula is C23H17BrF3N5O. The van der Waals surface area contributed by atoms with E-state index in [0.717, 1.165) is 34.3 Å². The zero-order valence-electron chi connectivity index (χ0n) is 17.5. The van der Waals surface area contributed by atoms with E-state index in [1.807, 2.05) is 26.0 Å². The molecule has 0 aliphatic heterocycles. The van der Waals surface area contributed by atoms with Gasteiger partial charge in [-0.1, -0.05) is 13.0 Å². The predicted octanol–water partition coefficient (Wildman–Crippen LogP) is 5.99. The van der Waals surface area contributed by atoms with Crippen LogP contribution in [0.15, 0.2) is 53.4 Å². The van der Waals surface area contributed by atoms with Crippen molar-refractivity contribution in [2.24, 2.45) is 0 Å². The number of carbonyl (C=O) groups is 1. The van der Waals surface area contributed by atoms with Gasteiger partial charge in [0.25, 0.3) is 5.91 Å². The first kappa shape index (κ1) is 22.8. The zero-order valence-corrected chi connectivity index (χ0v) is 19.1. The summed E-state index contributed by atoms with van der Waals surface area (Å²) < 4.78 is 39.3. The Bertz CT molecular complexity index is 1370. The summed E-state index contributed by atoms with van der Waals surface area (Å²) in [6.45, 7) is 3.87. The fraction of sp³-hybridized carbons (Fsp3) is 0.174. The van der Waals surface area contributed by atoms with Crippen LogP contribution in [0.2, 0.25) is 0 Å². The van der Waals surface area contributed by atoms with Crippen molar-refractivity contribution >= 4 is 38.6 Å². The molecule has 0 aliphatic carbocycles. The molecule has 33 heavy (non-hydrogen) atoms. The van der Waals surface area contributed by atoms with Crippen LogP contribution in [0.1, 0.15) is 34.4 Å². The molecule has 1 N–H and O–H groups in total. The van der Waals surface area contributed by atoms with E-state index in [1.54, 1.807) is 18.3 Å². The highest BCUT2D eigenvalue weighted by Gasteiger charge is 2.33. The van der Waals surface area contributed by atoms with Gasteiger partial charge in [-0.15, -0.1) is 0 Å². The fourth-order valence-electron chi connectivity index (χ4n) is 3.26. The Morgan fingerprint density at radius 2 is 1.85 bits per heavy atom. The molecule has 6 nitrogen and oxygen atoms in total. The number of aryl methyl sites for hydroxylation is 2. The van der Waals surface area contributed by atoms with Gasteiger partial charge >= 0.3 is 6.18 Å². The van der Waals surface area contributed by atoms with Crippen molar-refractivity contribution in [3.63, 3.8) is 0 Å². The number of anilines is 1. The molecule has 0 aliphatic rings. The number of carbonyl (C=O) groups excluding carboxylic acids is 1. The predicted molar refractivity (Wildman–Crippen MR) is 122 cm³/mol. The summed E-state index contributed by atoms with van der Waals surface area (Å²) in [6.07, 6.45) is -1.26. The summed E-state index contributed by atoms with van der Waals surface area (Å²) in [5, 5.41) is 3.41. The monoisotopic (exact) mass is 515 g/mol. The fourth-order valence-corrected chi connectivity index (χ4v) is 3.75. The molecule has 0 bridgehead atoms. The lowest BCUT2D eigenvalue weighted by molar-refractivity contribution is -0.141. The lowest BCUT2D eigenvalue weighted by Crippen LogP contribution is -2.15. The van der Waals surface area contributed by atoms with Crippen LogP contribution < -0.4 is 5.32 Å². The number of alkyl halides is 3. The Hall–Kier alpha value is -3.40. The number of aromatic nitrogens is 4. The summed E-state index contributed by atoms with van der Waals surface area (Å²) in [7, 11) is 0. The van der Waals surface area contributed by atoms with Gasteiger partial charge in [0.05, 0.1) is 0 Å². The number of pyridine rings is 2. The Morgan fingerprint density at radius 1 is 1.06 bits per heavy atom. The SMILES string of the molecule is CCc1ncc2cc(-c3cc(NC(=O)c4ccnc(C(F)(F)F)c4)ccc3C)c(Br)nc2n1. The lowest BCUT2D eigenvalue weighted by atomic mass is 10.0. The standard InChI is InChI=1S/C23H17BrF3N5O/c1-3-19-29-11-14-8-17(20(24)32-21(14)31-19)16-10-15(5-4-12(16)2)30-22(33)13-6-7-28-18(9-13)23(25,26)27/h4-11H,3H2,1-2H3,(H,30,33). The normalized spacial score (nSPS) is 11.6. The van der Waals surface area contributed by atoms with Crippen molar-refractivity contribution in [3.05, 3.63) is 76.0 Å². The second-order valence-electron chi connectivity index (χ2n) is 7.29. The third-order valence-corrected chi connectivity index (χ3v) is 5.59. The molecular weight excluding hydrogens is 499 g/mol. The summed E-state index contributed by atoms with van der Waals surface area (Å²) in [5.41, 5.74) is 2.21. The molecule has 0 saturated carbocycles. The molecule has 1 amide bonds. The summed E-state index contributed by atoms with van der Waals surface area (Å²) in [6, 6.07) is 9.09. The zero-order chi connectivity index (χ0) is 23.8. The van der Waals surface area contributed by atoms with Crippen molar-refractivity contribution in [1.82, 2.24) is 19.9 Å². The maximum Gasteiger partial charge on any atom is 0.433 e. The molecule has 4 aromatic rings. The topological polar surface area (TPSA) is 80.7 Å². The quantitative estimate of drug-likeness (QED) is 0.337. The number of nitrogens with one attached hydrogen (secondary N) is 1. The average molecular weight is 516 g/mol. The number of nitrogens with zero attached hydrogens (tertiary/aromatic N) is 4. The highest BCUT2D eigenvalue weighted by molar-refractivity contribution is 9.10. The van der Waals surface area contributed by atoms with Gasteiger partial charge in [-0.25, -0.2) is 15.0 Å². The van der Waals surface area contributed by atoms with Gasteiger partial charge in [0.1, 0.15) is 16.1 Å². The Labute approximate surface area is 195 Å². The van der Waals surface area contributed by atoms with Crippen LogP contribution in [-0.2, 0) is 12.6 Å². The van der Waals surface area contributed by atoms with Crippen LogP contribution in [0.5, 0.6) is 0 Å². The van der Waals surface area contributed by atoms with Crippen LogP contribution in [0.25, 0.3) is 22.2 Å². The number of hydrogen-bond donors (Lipinski definition) is 1. The van der Waals surface area contributed by atoms with Gasteiger partial charge in [-0.3, -0.25) is 9.78 Å². The van der Waals surface area contributed by atoms with Crippen LogP contribution in [0.4, 0.5) is 18.9 Å². The molecule has 0 unspecified atom stereocenters. The Morgan fingerprint density at radius 3 is 2.58 bits per heavy atom. The average Bonchev–Trinajstić information content (AvgIpc) is 2.79. The first-order chi connectivity index (χ1) is 15.7. The minimum Gasteiger partial charge on any atom is -0.322 e. The van der Waals surface area contributed by atoms with E-state index < -0.39 is 17.8 Å². The van der Waals surface area contributed by atoms with E-state index in [-0.39, 0.29) is 5.56 Å². The summed E-state index contributed by atoms with van der Waals surface area (Å²) >= 11 is 3.50. The molecule has 0 atom stereocenters. The Kier molecular flexibility index (Phi) is 6.11. The van der Waals surface area contributed by atoms with Crippen LogP contribution in [-0.4, -0.2) is 25.8 Å². The number of benzene rings is 1. The lowest BCUT2D eigenvalue weighted by Gasteiger charge is -2.13. The molecule has 4 rings (SSSR count). The van der Waals surface area contributed by atoms with Gasteiger partial charge < -0.3 is 5.32 Å². The minimum absolute atomic E-state index is 0.142. The number of halogens is 4. The summed E-state index contributed by atoms with van der Waals surface area (Å²) in [4.78, 5) is 29.2. The number of fused-ring (bicyclic) bond motifs is 1. The van der Waals surface area contributed by atoms with Gasteiger partial charge in [0.15, 0.2) is 5.65 Å².